The van der Waals surface area contributed by atoms with Crippen molar-refractivity contribution in [3.8, 4) is 0 Å². The quantitative estimate of drug-likeness (QED) is 0.736. The maximum atomic E-state index is 12.5. The van der Waals surface area contributed by atoms with Gasteiger partial charge in [0.05, 0.1) is 25.4 Å². The summed E-state index contributed by atoms with van der Waals surface area (Å²) in [4.78, 5) is 30.4. The fraction of sp³-hybridized carbons (Fsp3) is 0.615. The number of aromatic nitrogens is 2. The second kappa shape index (κ2) is 5.25. The Morgan fingerprint density at radius 2 is 2.23 bits per heavy atom. The van der Waals surface area contributed by atoms with Gasteiger partial charge < -0.3 is 15.1 Å². The summed E-state index contributed by atoms with van der Waals surface area (Å²) in [6.45, 7) is 1.95. The van der Waals surface area contributed by atoms with E-state index in [1.807, 2.05) is 6.92 Å². The van der Waals surface area contributed by atoms with Crippen LogP contribution in [-0.2, 0) is 24.3 Å². The van der Waals surface area contributed by atoms with E-state index in [4.69, 9.17) is 4.84 Å². The Hall–Kier alpha value is -2.13. The highest BCUT2D eigenvalue weighted by Crippen LogP contribution is 2.28. The number of amides is 2. The molecule has 0 aliphatic carbocycles. The van der Waals surface area contributed by atoms with E-state index in [-0.39, 0.29) is 31.6 Å². The van der Waals surface area contributed by atoms with Gasteiger partial charge in [-0.15, -0.1) is 0 Å². The number of carbonyl (C=O) groups is 2. The lowest BCUT2D eigenvalue weighted by Crippen LogP contribution is -2.42. The van der Waals surface area contributed by atoms with Gasteiger partial charge in [-0.3, -0.25) is 14.3 Å². The van der Waals surface area contributed by atoms with Crippen LogP contribution in [0, 0.1) is 0 Å². The number of hydroxylamine groups is 2. The van der Waals surface area contributed by atoms with Gasteiger partial charge >= 0.3 is 6.09 Å². The zero-order chi connectivity index (χ0) is 16.0. The summed E-state index contributed by atoms with van der Waals surface area (Å²) in [6.07, 6.45) is -1.12. The summed E-state index contributed by atoms with van der Waals surface area (Å²) in [5.41, 5.74) is 1.70. The molecule has 3 heterocycles. The van der Waals surface area contributed by atoms with Crippen molar-refractivity contribution in [1.82, 2.24) is 19.7 Å². The third-order valence-electron chi connectivity index (χ3n) is 4.10. The monoisotopic (exact) mass is 310 g/mol. The Morgan fingerprint density at radius 1 is 1.50 bits per heavy atom. The standard InChI is InChI=1S/C13H18N4O5/c1-7-3-10-9(5-16(7)13(20)21)11-12(19)15(2)22-8(6-18)4-17(11)14-10/h7-8,18H,3-6H2,1-2H3,(H,20,21)/t7-,8?/m1/s1. The number of fused-ring (bicyclic) bond motifs is 3. The van der Waals surface area contributed by atoms with Crippen molar-refractivity contribution in [2.75, 3.05) is 13.7 Å². The number of carbonyl (C=O) groups excluding carboxylic acids is 1. The molecule has 0 bridgehead atoms. The van der Waals surface area contributed by atoms with Gasteiger partial charge in [0, 0.05) is 25.1 Å². The van der Waals surface area contributed by atoms with Crippen LogP contribution in [0.25, 0.3) is 0 Å². The normalized spacial score (nSPS) is 24.8. The zero-order valence-electron chi connectivity index (χ0n) is 12.4. The first-order valence-corrected chi connectivity index (χ1v) is 7.06. The second-order valence-electron chi connectivity index (χ2n) is 5.63. The number of hydrogen-bond donors (Lipinski definition) is 2. The van der Waals surface area contributed by atoms with E-state index in [0.717, 1.165) is 10.8 Å². The molecule has 9 heteroatoms. The van der Waals surface area contributed by atoms with E-state index in [9.17, 15) is 19.8 Å². The lowest BCUT2D eigenvalue weighted by Gasteiger charge is -2.30. The van der Waals surface area contributed by atoms with E-state index in [2.05, 4.69) is 5.10 Å². The molecular weight excluding hydrogens is 292 g/mol. The molecule has 0 fully saturated rings. The van der Waals surface area contributed by atoms with E-state index in [0.29, 0.717) is 17.7 Å². The molecule has 0 radical (unpaired) electrons. The predicted molar refractivity (Wildman–Crippen MR) is 73.0 cm³/mol. The van der Waals surface area contributed by atoms with Crippen molar-refractivity contribution in [2.24, 2.45) is 0 Å². The molecule has 0 saturated carbocycles. The molecule has 9 nitrogen and oxygen atoms in total. The van der Waals surface area contributed by atoms with Gasteiger partial charge in [-0.05, 0) is 6.92 Å². The Labute approximate surface area is 126 Å². The van der Waals surface area contributed by atoms with Crippen LogP contribution < -0.4 is 0 Å². The van der Waals surface area contributed by atoms with Gasteiger partial charge in [-0.25, -0.2) is 9.86 Å². The van der Waals surface area contributed by atoms with Crippen molar-refractivity contribution in [2.45, 2.75) is 38.6 Å². The summed E-state index contributed by atoms with van der Waals surface area (Å²) < 4.78 is 1.52. The Kier molecular flexibility index (Phi) is 3.53. The third kappa shape index (κ3) is 2.22. The van der Waals surface area contributed by atoms with Crippen LogP contribution in [0.4, 0.5) is 4.79 Å². The highest BCUT2D eigenvalue weighted by Gasteiger charge is 2.37. The molecule has 1 unspecified atom stereocenters. The van der Waals surface area contributed by atoms with Crippen LogP contribution in [0.1, 0.15) is 28.7 Å². The molecule has 0 spiro atoms. The minimum atomic E-state index is -1.02. The molecule has 2 aliphatic heterocycles. The first-order valence-electron chi connectivity index (χ1n) is 7.06. The molecule has 3 rings (SSSR count). The molecule has 2 atom stereocenters. The van der Waals surface area contributed by atoms with Gasteiger partial charge in [-0.1, -0.05) is 0 Å². The molecule has 2 aliphatic rings. The molecule has 1 aromatic rings. The predicted octanol–water partition coefficient (Wildman–Crippen LogP) is -0.314. The van der Waals surface area contributed by atoms with Crippen molar-refractivity contribution >= 4 is 12.0 Å². The second-order valence-corrected chi connectivity index (χ2v) is 5.63. The van der Waals surface area contributed by atoms with E-state index in [1.54, 1.807) is 0 Å². The molecule has 0 saturated heterocycles. The smallest absolute Gasteiger partial charge is 0.407 e. The van der Waals surface area contributed by atoms with Crippen LogP contribution in [0.15, 0.2) is 0 Å². The lowest BCUT2D eigenvalue weighted by atomic mass is 10.00. The van der Waals surface area contributed by atoms with E-state index in [1.165, 1.54) is 16.6 Å². The Bertz CT molecular complexity index is 628. The minimum absolute atomic E-state index is 0.130. The zero-order valence-corrected chi connectivity index (χ0v) is 12.4. The lowest BCUT2D eigenvalue weighted by molar-refractivity contribution is -0.159. The molecule has 120 valence electrons. The summed E-state index contributed by atoms with van der Waals surface area (Å²) in [7, 11) is 1.47. The fourth-order valence-corrected chi connectivity index (χ4v) is 2.96. The number of aliphatic hydroxyl groups is 1. The maximum Gasteiger partial charge on any atom is 0.407 e. The number of hydrogen-bond acceptors (Lipinski definition) is 5. The highest BCUT2D eigenvalue weighted by molar-refractivity contribution is 5.94. The summed E-state index contributed by atoms with van der Waals surface area (Å²) in [5, 5.41) is 24.1. The van der Waals surface area contributed by atoms with Gasteiger partial charge in [0.25, 0.3) is 5.91 Å². The number of rotatable bonds is 1. The van der Waals surface area contributed by atoms with E-state index < -0.39 is 12.2 Å². The van der Waals surface area contributed by atoms with E-state index >= 15 is 0 Å². The van der Waals surface area contributed by atoms with Gasteiger partial charge in [0.1, 0.15) is 11.8 Å². The average Bonchev–Trinajstić information content (AvgIpc) is 2.75. The van der Waals surface area contributed by atoms with Crippen molar-refractivity contribution in [3.05, 3.63) is 17.0 Å². The number of carboxylic acid groups (broad SMARTS) is 1. The molecule has 22 heavy (non-hydrogen) atoms. The first kappa shape index (κ1) is 14.8. The SMILES string of the molecule is C[C@@H]1Cc2nn3c(c2CN1C(=O)O)C(=O)N(C)OC(CO)C3. The van der Waals surface area contributed by atoms with Crippen molar-refractivity contribution < 1.29 is 24.6 Å². The van der Waals surface area contributed by atoms with Crippen LogP contribution >= 0.6 is 0 Å². The highest BCUT2D eigenvalue weighted by atomic mass is 16.7. The topological polar surface area (TPSA) is 108 Å². The molecular formula is C13H18N4O5. The number of nitrogens with zero attached hydrogens (tertiary/aromatic N) is 4. The molecule has 2 amide bonds. The molecule has 1 aromatic heterocycles. The summed E-state index contributed by atoms with van der Waals surface area (Å²) in [5.74, 6) is -0.385. The fourth-order valence-electron chi connectivity index (χ4n) is 2.96. The van der Waals surface area contributed by atoms with Crippen LogP contribution in [0.2, 0.25) is 0 Å². The van der Waals surface area contributed by atoms with Gasteiger partial charge in [0.2, 0.25) is 0 Å². The van der Waals surface area contributed by atoms with Crippen molar-refractivity contribution in [1.29, 1.82) is 0 Å². The maximum absolute atomic E-state index is 12.5. The summed E-state index contributed by atoms with van der Waals surface area (Å²) >= 11 is 0. The average molecular weight is 310 g/mol. The van der Waals surface area contributed by atoms with Gasteiger partial charge in [-0.2, -0.15) is 5.10 Å². The largest absolute Gasteiger partial charge is 0.465 e. The number of aliphatic hydroxyl groups excluding tert-OH is 1. The van der Waals surface area contributed by atoms with Crippen LogP contribution in [0.5, 0.6) is 0 Å². The minimum Gasteiger partial charge on any atom is -0.465 e. The van der Waals surface area contributed by atoms with Crippen LogP contribution in [-0.4, -0.2) is 67.8 Å². The van der Waals surface area contributed by atoms with Crippen molar-refractivity contribution in [3.63, 3.8) is 0 Å². The Morgan fingerprint density at radius 3 is 2.86 bits per heavy atom. The molecule has 0 aromatic carbocycles. The third-order valence-corrected chi connectivity index (χ3v) is 4.10. The Balaban J connectivity index is 2.05. The van der Waals surface area contributed by atoms with Gasteiger partial charge in [0.15, 0.2) is 0 Å². The molecule has 2 N–H and O–H groups in total. The first-order chi connectivity index (χ1) is 10.4. The van der Waals surface area contributed by atoms with Crippen LogP contribution in [0.3, 0.4) is 0 Å². The summed E-state index contributed by atoms with van der Waals surface area (Å²) in [6, 6.07) is -0.193.